The van der Waals surface area contributed by atoms with Crippen molar-refractivity contribution in [3.05, 3.63) is 46.6 Å². The Hall–Kier alpha value is -2.01. The summed E-state index contributed by atoms with van der Waals surface area (Å²) in [5.74, 6) is 1.11. The van der Waals surface area contributed by atoms with Crippen LogP contribution in [-0.4, -0.2) is 15.2 Å². The van der Waals surface area contributed by atoms with Gasteiger partial charge < -0.3 is 10.5 Å². The van der Waals surface area contributed by atoms with Crippen molar-refractivity contribution < 1.29 is 4.74 Å². The van der Waals surface area contributed by atoms with Gasteiger partial charge in [-0.15, -0.1) is 5.10 Å². The maximum atomic E-state index is 5.90. The van der Waals surface area contributed by atoms with E-state index < -0.39 is 0 Å². The molecular weight excluding hydrogens is 282 g/mol. The summed E-state index contributed by atoms with van der Waals surface area (Å²) in [5, 5.41) is 8.42. The van der Waals surface area contributed by atoms with Gasteiger partial charge in [0.05, 0.1) is 11.3 Å². The fraction of sp³-hybridized carbons (Fsp3) is 0.312. The molecule has 0 amide bonds. The number of para-hydroxylation sites is 1. The minimum atomic E-state index is 0.292. The lowest BCUT2D eigenvalue weighted by atomic mass is 10.0. The van der Waals surface area contributed by atoms with E-state index in [1.54, 1.807) is 0 Å². The van der Waals surface area contributed by atoms with E-state index in [0.29, 0.717) is 16.4 Å². The van der Waals surface area contributed by atoms with Gasteiger partial charge in [0.1, 0.15) is 10.7 Å². The molecule has 0 aliphatic heterocycles. The van der Waals surface area contributed by atoms with Crippen LogP contribution in [0.1, 0.15) is 36.2 Å². The number of nitrogens with zero attached hydrogens (tertiary/aromatic N) is 2. The van der Waals surface area contributed by atoms with Crippen LogP contribution in [0.15, 0.2) is 24.3 Å². The maximum Gasteiger partial charge on any atom is 0.249 e. The molecule has 2 N–H and O–H groups in total. The highest BCUT2D eigenvalue weighted by atomic mass is 32.1. The molecule has 0 fully saturated rings. The molecule has 1 heterocycles. The summed E-state index contributed by atoms with van der Waals surface area (Å²) in [7, 11) is 0. The maximum absolute atomic E-state index is 5.90. The van der Waals surface area contributed by atoms with E-state index in [9.17, 15) is 0 Å². The Morgan fingerprint density at radius 1 is 1.19 bits per heavy atom. The molecule has 0 spiro atoms. The first-order chi connectivity index (χ1) is 10.1. The monoisotopic (exact) mass is 301 g/mol. The van der Waals surface area contributed by atoms with Gasteiger partial charge in [0.15, 0.2) is 0 Å². The van der Waals surface area contributed by atoms with Gasteiger partial charge in [-0.1, -0.05) is 44.3 Å². The van der Waals surface area contributed by atoms with Crippen molar-refractivity contribution in [1.29, 1.82) is 0 Å². The average Bonchev–Trinajstić information content (AvgIpc) is 2.48. The van der Waals surface area contributed by atoms with Crippen LogP contribution in [0.5, 0.6) is 11.6 Å². The fourth-order valence-corrected chi connectivity index (χ4v) is 2.47. The molecule has 110 valence electrons. The lowest BCUT2D eigenvalue weighted by Crippen LogP contribution is -2.17. The molecule has 0 saturated heterocycles. The van der Waals surface area contributed by atoms with Gasteiger partial charge in [0.2, 0.25) is 5.88 Å². The molecule has 1 aromatic carbocycles. The Morgan fingerprint density at radius 2 is 1.90 bits per heavy atom. The van der Waals surface area contributed by atoms with Gasteiger partial charge in [0, 0.05) is 0 Å². The molecule has 0 radical (unpaired) electrons. The molecular formula is C16H19N3OS. The second-order valence-corrected chi connectivity index (χ2v) is 5.18. The van der Waals surface area contributed by atoms with Crippen LogP contribution in [0.2, 0.25) is 0 Å². The first kappa shape index (κ1) is 15.4. The Bertz CT molecular complexity index is 671. The van der Waals surface area contributed by atoms with Gasteiger partial charge in [-0.25, -0.2) is 0 Å². The van der Waals surface area contributed by atoms with Gasteiger partial charge in [0.25, 0.3) is 0 Å². The SMILES string of the molecule is CCc1nnc(Oc2ccccc2C)c(C(N)=S)c1CC. The van der Waals surface area contributed by atoms with Gasteiger partial charge >= 0.3 is 0 Å². The summed E-state index contributed by atoms with van der Waals surface area (Å²) in [5.41, 5.74) is 9.54. The quantitative estimate of drug-likeness (QED) is 0.858. The van der Waals surface area contributed by atoms with Crippen LogP contribution in [0.4, 0.5) is 0 Å². The number of hydrogen-bond acceptors (Lipinski definition) is 4. The normalized spacial score (nSPS) is 10.4. The molecule has 0 atom stereocenters. The third kappa shape index (κ3) is 3.19. The second-order valence-electron chi connectivity index (χ2n) is 4.74. The zero-order valence-corrected chi connectivity index (χ0v) is 13.3. The molecule has 1 aromatic heterocycles. The molecule has 0 unspecified atom stereocenters. The zero-order valence-electron chi connectivity index (χ0n) is 12.5. The minimum absolute atomic E-state index is 0.292. The highest BCUT2D eigenvalue weighted by Crippen LogP contribution is 2.28. The predicted octanol–water partition coefficient (Wildman–Crippen LogP) is 3.34. The molecule has 0 aliphatic carbocycles. The van der Waals surface area contributed by atoms with E-state index in [1.807, 2.05) is 38.1 Å². The lowest BCUT2D eigenvalue weighted by Gasteiger charge is -2.15. The van der Waals surface area contributed by atoms with E-state index in [4.69, 9.17) is 22.7 Å². The minimum Gasteiger partial charge on any atom is -0.437 e. The summed E-state index contributed by atoms with van der Waals surface area (Å²) in [4.78, 5) is 0.292. The van der Waals surface area contributed by atoms with E-state index in [1.165, 1.54) is 0 Å². The van der Waals surface area contributed by atoms with E-state index in [-0.39, 0.29) is 0 Å². The standard InChI is InChI=1S/C16H19N3OS/c1-4-11-12(5-2)18-19-16(14(11)15(17)21)20-13-9-7-6-8-10(13)3/h6-9H,4-5H2,1-3H3,(H2,17,21). The van der Waals surface area contributed by atoms with Crippen molar-refractivity contribution in [3.8, 4) is 11.6 Å². The van der Waals surface area contributed by atoms with Crippen LogP contribution in [0.3, 0.4) is 0 Å². The molecule has 2 rings (SSSR count). The highest BCUT2D eigenvalue weighted by molar-refractivity contribution is 7.80. The Balaban J connectivity index is 2.54. The van der Waals surface area contributed by atoms with Crippen molar-refractivity contribution in [2.45, 2.75) is 33.6 Å². The number of aromatic nitrogens is 2. The van der Waals surface area contributed by atoms with Crippen LogP contribution in [0, 0.1) is 6.92 Å². The summed E-state index contributed by atoms with van der Waals surface area (Å²) < 4.78 is 5.90. The van der Waals surface area contributed by atoms with E-state index >= 15 is 0 Å². The fourth-order valence-electron chi connectivity index (χ4n) is 2.26. The Labute approximate surface area is 130 Å². The summed E-state index contributed by atoms with van der Waals surface area (Å²) in [6.07, 6.45) is 1.58. The van der Waals surface area contributed by atoms with Crippen molar-refractivity contribution in [3.63, 3.8) is 0 Å². The summed E-state index contributed by atoms with van der Waals surface area (Å²) >= 11 is 5.19. The van der Waals surface area contributed by atoms with Crippen LogP contribution in [0.25, 0.3) is 0 Å². The van der Waals surface area contributed by atoms with Crippen molar-refractivity contribution in [1.82, 2.24) is 10.2 Å². The molecule has 0 aliphatic rings. The number of ether oxygens (including phenoxy) is 1. The summed E-state index contributed by atoms with van der Waals surface area (Å²) in [6.45, 7) is 6.06. The number of thiocarbonyl (C=S) groups is 1. The highest BCUT2D eigenvalue weighted by Gasteiger charge is 2.18. The molecule has 0 saturated carbocycles. The van der Waals surface area contributed by atoms with Gasteiger partial charge in [-0.3, -0.25) is 0 Å². The van der Waals surface area contributed by atoms with Gasteiger partial charge in [-0.05, 0) is 37.0 Å². The zero-order chi connectivity index (χ0) is 15.4. The summed E-state index contributed by atoms with van der Waals surface area (Å²) in [6, 6.07) is 7.74. The van der Waals surface area contributed by atoms with E-state index in [0.717, 1.165) is 35.4 Å². The van der Waals surface area contributed by atoms with Crippen LogP contribution >= 0.6 is 12.2 Å². The molecule has 2 aromatic rings. The second kappa shape index (κ2) is 6.63. The Morgan fingerprint density at radius 3 is 2.48 bits per heavy atom. The van der Waals surface area contributed by atoms with Crippen LogP contribution in [-0.2, 0) is 12.8 Å². The molecule has 5 heteroatoms. The number of nitrogens with two attached hydrogens (primary N) is 1. The predicted molar refractivity (Wildman–Crippen MR) is 87.9 cm³/mol. The lowest BCUT2D eigenvalue weighted by molar-refractivity contribution is 0.448. The Kier molecular flexibility index (Phi) is 4.85. The van der Waals surface area contributed by atoms with Crippen molar-refractivity contribution in [2.75, 3.05) is 0 Å². The molecule has 4 nitrogen and oxygen atoms in total. The van der Waals surface area contributed by atoms with Crippen LogP contribution < -0.4 is 10.5 Å². The average molecular weight is 301 g/mol. The smallest absolute Gasteiger partial charge is 0.249 e. The van der Waals surface area contributed by atoms with Crippen molar-refractivity contribution in [2.24, 2.45) is 5.73 Å². The number of benzene rings is 1. The third-order valence-corrected chi connectivity index (χ3v) is 3.56. The number of rotatable bonds is 5. The third-order valence-electron chi connectivity index (χ3n) is 3.36. The van der Waals surface area contributed by atoms with E-state index in [2.05, 4.69) is 17.1 Å². The molecule has 21 heavy (non-hydrogen) atoms. The number of aryl methyl sites for hydroxylation is 2. The van der Waals surface area contributed by atoms with Gasteiger partial charge in [-0.2, -0.15) is 5.10 Å². The molecule has 0 bridgehead atoms. The van der Waals surface area contributed by atoms with Crippen molar-refractivity contribution >= 4 is 17.2 Å². The first-order valence-electron chi connectivity index (χ1n) is 7.00. The topological polar surface area (TPSA) is 61.0 Å². The largest absolute Gasteiger partial charge is 0.437 e. The number of hydrogen-bond donors (Lipinski definition) is 1. The first-order valence-corrected chi connectivity index (χ1v) is 7.41.